The number of esters is 1. The van der Waals surface area contributed by atoms with Crippen LogP contribution in [0.15, 0.2) is 11.1 Å². The number of hydrogen-bond acceptors (Lipinski definition) is 4. The Kier molecular flexibility index (Phi) is 6.45. The number of hydrogen-bond donors (Lipinski definition) is 1. The first kappa shape index (κ1) is 16.6. The van der Waals surface area contributed by atoms with Crippen LogP contribution in [-0.2, 0) is 19.7 Å². The van der Waals surface area contributed by atoms with E-state index in [4.69, 9.17) is 4.74 Å². The maximum Gasteiger partial charge on any atom is 0.309 e. The number of rotatable bonds is 6. The van der Waals surface area contributed by atoms with Gasteiger partial charge in [0, 0.05) is 24.1 Å². The lowest BCUT2D eigenvalue weighted by atomic mass is 9.98. The van der Waals surface area contributed by atoms with E-state index in [1.807, 2.05) is 0 Å². The zero-order valence-electron chi connectivity index (χ0n) is 10.9. The van der Waals surface area contributed by atoms with Gasteiger partial charge in [0.05, 0.1) is 12.5 Å². The Morgan fingerprint density at radius 3 is 2.53 bits per heavy atom. The van der Waals surface area contributed by atoms with Crippen molar-refractivity contribution in [3.8, 4) is 0 Å². The van der Waals surface area contributed by atoms with Crippen LogP contribution in [0.2, 0.25) is 0 Å². The Hall–Kier alpha value is -0.440. The summed E-state index contributed by atoms with van der Waals surface area (Å²) >= 11 is 3.10. The monoisotopic (exact) mass is 354 g/mol. The summed E-state index contributed by atoms with van der Waals surface area (Å²) in [5.41, 5.74) is 0. The molecule has 1 rings (SSSR count). The second kappa shape index (κ2) is 7.37. The zero-order chi connectivity index (χ0) is 14.5. The molecule has 8 heteroatoms. The van der Waals surface area contributed by atoms with Gasteiger partial charge in [-0.25, -0.2) is 0 Å². The van der Waals surface area contributed by atoms with Crippen LogP contribution in [0.4, 0.5) is 0 Å². The molecular weight excluding hydrogens is 336 g/mol. The molecule has 0 aliphatic carbocycles. The standard InChI is InChI=1S/C11H19BrN2O4S/c1-3-18-11(15)10-4-6-14(7-5-10)19(16,17)13-8-9(2)12/h10,13H,2-8H2,1H3. The van der Waals surface area contributed by atoms with Gasteiger partial charge < -0.3 is 4.74 Å². The molecule has 0 saturated carbocycles. The van der Waals surface area contributed by atoms with E-state index in [0.29, 0.717) is 37.0 Å². The maximum atomic E-state index is 11.9. The van der Waals surface area contributed by atoms with Gasteiger partial charge in [-0.3, -0.25) is 4.79 Å². The van der Waals surface area contributed by atoms with Crippen molar-refractivity contribution in [1.82, 2.24) is 9.03 Å². The molecule has 0 aromatic rings. The number of ether oxygens (including phenoxy) is 1. The molecule has 1 aliphatic heterocycles. The SMILES string of the molecule is C=C(Br)CNS(=O)(=O)N1CCC(C(=O)OCC)CC1. The summed E-state index contributed by atoms with van der Waals surface area (Å²) in [7, 11) is -3.50. The van der Waals surface area contributed by atoms with Crippen molar-refractivity contribution >= 4 is 32.1 Å². The van der Waals surface area contributed by atoms with E-state index in [1.165, 1.54) is 4.31 Å². The molecule has 1 aliphatic rings. The van der Waals surface area contributed by atoms with Gasteiger partial charge in [-0.1, -0.05) is 22.5 Å². The zero-order valence-corrected chi connectivity index (χ0v) is 13.3. The van der Waals surface area contributed by atoms with Gasteiger partial charge >= 0.3 is 5.97 Å². The quantitative estimate of drug-likeness (QED) is 0.722. The summed E-state index contributed by atoms with van der Waals surface area (Å²) in [5, 5.41) is 0. The van der Waals surface area contributed by atoms with E-state index < -0.39 is 10.2 Å². The molecule has 0 aromatic carbocycles. The molecule has 0 radical (unpaired) electrons. The first-order chi connectivity index (χ1) is 8.86. The second-order valence-electron chi connectivity index (χ2n) is 4.27. The molecule has 1 saturated heterocycles. The van der Waals surface area contributed by atoms with Crippen LogP contribution in [-0.4, -0.2) is 44.9 Å². The number of halogens is 1. The fourth-order valence-electron chi connectivity index (χ4n) is 1.85. The minimum absolute atomic E-state index is 0.153. The predicted molar refractivity (Wildman–Crippen MR) is 75.9 cm³/mol. The van der Waals surface area contributed by atoms with Gasteiger partial charge in [-0.05, 0) is 19.8 Å². The van der Waals surface area contributed by atoms with Crippen LogP contribution >= 0.6 is 15.9 Å². The Morgan fingerprint density at radius 2 is 2.05 bits per heavy atom. The Balaban J connectivity index is 2.49. The first-order valence-corrected chi connectivity index (χ1v) is 8.34. The van der Waals surface area contributed by atoms with E-state index in [9.17, 15) is 13.2 Å². The van der Waals surface area contributed by atoms with E-state index in [1.54, 1.807) is 6.92 Å². The fourth-order valence-corrected chi connectivity index (χ4v) is 3.41. The van der Waals surface area contributed by atoms with Crippen LogP contribution in [0, 0.1) is 5.92 Å². The predicted octanol–water partition coefficient (Wildman–Crippen LogP) is 1.00. The summed E-state index contributed by atoms with van der Waals surface area (Å²) < 4.78 is 33.1. The average Bonchev–Trinajstić information content (AvgIpc) is 2.37. The number of piperidine rings is 1. The lowest BCUT2D eigenvalue weighted by Gasteiger charge is -2.29. The Morgan fingerprint density at radius 1 is 1.47 bits per heavy atom. The minimum atomic E-state index is -3.50. The van der Waals surface area contributed by atoms with Gasteiger partial charge in [0.2, 0.25) is 0 Å². The third-order valence-corrected chi connectivity index (χ3v) is 4.69. The topological polar surface area (TPSA) is 75.7 Å². The third kappa shape index (κ3) is 5.21. The number of nitrogens with one attached hydrogen (secondary N) is 1. The lowest BCUT2D eigenvalue weighted by molar-refractivity contribution is -0.149. The first-order valence-electron chi connectivity index (χ1n) is 6.11. The average molecular weight is 355 g/mol. The molecule has 6 nitrogen and oxygen atoms in total. The highest BCUT2D eigenvalue weighted by Crippen LogP contribution is 2.20. The van der Waals surface area contributed by atoms with Crippen molar-refractivity contribution in [3.05, 3.63) is 11.1 Å². The van der Waals surface area contributed by atoms with E-state index in [-0.39, 0.29) is 18.4 Å². The van der Waals surface area contributed by atoms with Crippen molar-refractivity contribution in [1.29, 1.82) is 0 Å². The molecule has 110 valence electrons. The number of nitrogens with zero attached hydrogens (tertiary/aromatic N) is 1. The second-order valence-corrected chi connectivity index (χ2v) is 7.15. The van der Waals surface area contributed by atoms with Crippen molar-refractivity contribution in [3.63, 3.8) is 0 Å². The van der Waals surface area contributed by atoms with Crippen LogP contribution in [0.3, 0.4) is 0 Å². The largest absolute Gasteiger partial charge is 0.466 e. The molecular formula is C11H19BrN2O4S. The summed E-state index contributed by atoms with van der Waals surface area (Å²) in [6.07, 6.45) is 0.990. The van der Waals surface area contributed by atoms with Crippen LogP contribution in [0.25, 0.3) is 0 Å². The van der Waals surface area contributed by atoms with E-state index in [0.717, 1.165) is 0 Å². The molecule has 0 unspecified atom stereocenters. The van der Waals surface area contributed by atoms with E-state index >= 15 is 0 Å². The smallest absolute Gasteiger partial charge is 0.309 e. The maximum absolute atomic E-state index is 11.9. The highest BCUT2D eigenvalue weighted by atomic mass is 79.9. The Bertz CT molecular complexity index is 430. The van der Waals surface area contributed by atoms with Crippen LogP contribution in [0.1, 0.15) is 19.8 Å². The number of carbonyl (C=O) groups excluding carboxylic acids is 1. The number of carbonyl (C=O) groups is 1. The molecule has 1 N–H and O–H groups in total. The summed E-state index contributed by atoms with van der Waals surface area (Å²) in [6, 6.07) is 0. The van der Waals surface area contributed by atoms with Gasteiger partial charge in [0.15, 0.2) is 0 Å². The summed E-state index contributed by atoms with van der Waals surface area (Å²) in [6.45, 7) is 6.49. The van der Waals surface area contributed by atoms with Crippen LogP contribution in [0.5, 0.6) is 0 Å². The molecule has 1 heterocycles. The normalized spacial score (nSPS) is 18.2. The van der Waals surface area contributed by atoms with Crippen molar-refractivity contribution in [2.45, 2.75) is 19.8 Å². The van der Waals surface area contributed by atoms with Crippen molar-refractivity contribution < 1.29 is 17.9 Å². The highest BCUT2D eigenvalue weighted by molar-refractivity contribution is 9.11. The molecule has 0 aromatic heterocycles. The summed E-state index contributed by atoms with van der Waals surface area (Å²) in [4.78, 5) is 11.5. The molecule has 0 atom stereocenters. The van der Waals surface area contributed by atoms with E-state index in [2.05, 4.69) is 27.2 Å². The van der Waals surface area contributed by atoms with Crippen LogP contribution < -0.4 is 4.72 Å². The third-order valence-electron chi connectivity index (χ3n) is 2.86. The molecule has 0 bridgehead atoms. The lowest BCUT2D eigenvalue weighted by Crippen LogP contribution is -2.46. The van der Waals surface area contributed by atoms with Gasteiger partial charge in [0.1, 0.15) is 0 Å². The van der Waals surface area contributed by atoms with Gasteiger partial charge in [-0.15, -0.1) is 0 Å². The van der Waals surface area contributed by atoms with Gasteiger partial charge in [-0.2, -0.15) is 17.4 Å². The molecule has 19 heavy (non-hydrogen) atoms. The molecule has 0 spiro atoms. The van der Waals surface area contributed by atoms with Gasteiger partial charge in [0.25, 0.3) is 10.2 Å². The fraction of sp³-hybridized carbons (Fsp3) is 0.727. The van der Waals surface area contributed by atoms with Crippen molar-refractivity contribution in [2.24, 2.45) is 5.92 Å². The van der Waals surface area contributed by atoms with Crippen molar-refractivity contribution in [2.75, 3.05) is 26.2 Å². The highest BCUT2D eigenvalue weighted by Gasteiger charge is 2.31. The summed E-state index contributed by atoms with van der Waals surface area (Å²) in [5.74, 6) is -0.432. The molecule has 1 fully saturated rings. The Labute approximate surface area is 122 Å². The molecule has 0 amide bonds. The minimum Gasteiger partial charge on any atom is -0.466 e.